The van der Waals surface area contributed by atoms with Gasteiger partial charge in [0.2, 0.25) is 0 Å². The molecule has 0 aliphatic rings. The Morgan fingerprint density at radius 3 is 2.11 bits per heavy atom. The first-order valence-corrected chi connectivity index (χ1v) is 6.29. The van der Waals surface area contributed by atoms with Gasteiger partial charge in [-0.25, -0.2) is 0 Å². The van der Waals surface area contributed by atoms with E-state index in [1.807, 2.05) is 24.3 Å². The van der Waals surface area contributed by atoms with Crippen LogP contribution >= 0.6 is 0 Å². The Kier molecular flexibility index (Phi) is 3.65. The molecule has 2 rings (SSSR count). The van der Waals surface area contributed by atoms with E-state index in [0.717, 1.165) is 5.69 Å². The highest BCUT2D eigenvalue weighted by atomic mass is 16.1. The zero-order chi connectivity index (χ0) is 13.9. The summed E-state index contributed by atoms with van der Waals surface area (Å²) in [7, 11) is 0. The molecule has 1 aromatic carbocycles. The molecular formula is C16H18N2O. The number of aromatic nitrogens is 1. The number of nitrogens with one attached hydrogen (secondary N) is 1. The Morgan fingerprint density at radius 2 is 1.58 bits per heavy atom. The van der Waals surface area contributed by atoms with Gasteiger partial charge in [0.15, 0.2) is 0 Å². The maximum Gasteiger partial charge on any atom is 0.255 e. The fraction of sp³-hybridized carbons (Fsp3) is 0.250. The first kappa shape index (κ1) is 13.3. The van der Waals surface area contributed by atoms with Crippen molar-refractivity contribution in [3.8, 4) is 0 Å². The Bertz CT molecular complexity index is 554. The lowest BCUT2D eigenvalue weighted by atomic mass is 9.87. The summed E-state index contributed by atoms with van der Waals surface area (Å²) in [6.07, 6.45) is 3.30. The summed E-state index contributed by atoms with van der Waals surface area (Å²) in [5.74, 6) is -0.105. The molecule has 98 valence electrons. The molecule has 3 nitrogen and oxygen atoms in total. The molecule has 0 atom stereocenters. The summed E-state index contributed by atoms with van der Waals surface area (Å²) < 4.78 is 0. The van der Waals surface area contributed by atoms with Crippen LogP contribution in [0.25, 0.3) is 0 Å². The molecule has 0 bridgehead atoms. The van der Waals surface area contributed by atoms with Crippen molar-refractivity contribution >= 4 is 11.6 Å². The molecule has 0 fully saturated rings. The van der Waals surface area contributed by atoms with Crippen LogP contribution in [-0.4, -0.2) is 10.9 Å². The number of benzene rings is 1. The third-order valence-electron chi connectivity index (χ3n) is 2.95. The molecule has 1 aromatic heterocycles. The van der Waals surface area contributed by atoms with Crippen LogP contribution < -0.4 is 5.32 Å². The molecule has 1 N–H and O–H groups in total. The molecule has 1 heterocycles. The fourth-order valence-electron chi connectivity index (χ4n) is 1.76. The van der Waals surface area contributed by atoms with Gasteiger partial charge in [0.25, 0.3) is 5.91 Å². The lowest BCUT2D eigenvalue weighted by molar-refractivity contribution is 0.102. The van der Waals surface area contributed by atoms with E-state index in [1.54, 1.807) is 24.5 Å². The molecule has 0 saturated heterocycles. The zero-order valence-corrected chi connectivity index (χ0v) is 11.5. The minimum absolute atomic E-state index is 0.0973. The predicted octanol–water partition coefficient (Wildman–Crippen LogP) is 3.63. The maximum atomic E-state index is 12.0. The Labute approximate surface area is 113 Å². The topological polar surface area (TPSA) is 42.0 Å². The number of amides is 1. The molecule has 3 heteroatoms. The summed E-state index contributed by atoms with van der Waals surface area (Å²) in [6, 6.07) is 11.2. The highest BCUT2D eigenvalue weighted by molar-refractivity contribution is 6.04. The van der Waals surface area contributed by atoms with Crippen LogP contribution in [0.5, 0.6) is 0 Å². The molecule has 0 saturated carbocycles. The second-order valence-corrected chi connectivity index (χ2v) is 5.52. The third-order valence-corrected chi connectivity index (χ3v) is 2.95. The Balaban J connectivity index is 2.12. The van der Waals surface area contributed by atoms with Gasteiger partial charge in [0.05, 0.1) is 0 Å². The van der Waals surface area contributed by atoms with Gasteiger partial charge in [-0.1, -0.05) is 32.9 Å². The van der Waals surface area contributed by atoms with Crippen molar-refractivity contribution < 1.29 is 4.79 Å². The van der Waals surface area contributed by atoms with Gasteiger partial charge in [0.1, 0.15) is 0 Å². The predicted molar refractivity (Wildman–Crippen MR) is 77.3 cm³/mol. The van der Waals surface area contributed by atoms with E-state index < -0.39 is 0 Å². The number of carbonyl (C=O) groups is 1. The second-order valence-electron chi connectivity index (χ2n) is 5.52. The first-order chi connectivity index (χ1) is 8.97. The molecule has 19 heavy (non-hydrogen) atoms. The summed E-state index contributed by atoms with van der Waals surface area (Å²) in [5.41, 5.74) is 2.72. The third kappa shape index (κ3) is 3.41. The average Bonchev–Trinajstić information content (AvgIpc) is 2.39. The summed E-state index contributed by atoms with van der Waals surface area (Å²) in [5, 5.41) is 2.84. The second kappa shape index (κ2) is 5.22. The number of hydrogen-bond acceptors (Lipinski definition) is 2. The molecule has 0 aliphatic heterocycles. The van der Waals surface area contributed by atoms with Crippen LogP contribution in [0.3, 0.4) is 0 Å². The number of carbonyl (C=O) groups excluding carboxylic acids is 1. The van der Waals surface area contributed by atoms with Gasteiger partial charge < -0.3 is 5.32 Å². The summed E-state index contributed by atoms with van der Waals surface area (Å²) in [6.45, 7) is 6.46. The molecule has 0 radical (unpaired) electrons. The molecule has 0 aliphatic carbocycles. The van der Waals surface area contributed by atoms with Crippen LogP contribution in [0.4, 0.5) is 5.69 Å². The first-order valence-electron chi connectivity index (χ1n) is 6.29. The SMILES string of the molecule is CC(C)(C)c1ccc(C(=O)Nc2ccncc2)cc1. The highest BCUT2D eigenvalue weighted by Crippen LogP contribution is 2.22. The lowest BCUT2D eigenvalue weighted by Gasteiger charge is -2.19. The van der Waals surface area contributed by atoms with E-state index in [4.69, 9.17) is 0 Å². The Morgan fingerprint density at radius 1 is 1.00 bits per heavy atom. The minimum atomic E-state index is -0.105. The molecule has 0 spiro atoms. The van der Waals surface area contributed by atoms with Crippen LogP contribution in [0.2, 0.25) is 0 Å². The number of nitrogens with zero attached hydrogens (tertiary/aromatic N) is 1. The normalized spacial score (nSPS) is 11.1. The van der Waals surface area contributed by atoms with Gasteiger partial charge in [0, 0.05) is 23.6 Å². The van der Waals surface area contributed by atoms with Crippen LogP contribution in [0.1, 0.15) is 36.7 Å². The highest BCUT2D eigenvalue weighted by Gasteiger charge is 2.14. The quantitative estimate of drug-likeness (QED) is 0.889. The molecule has 1 amide bonds. The van der Waals surface area contributed by atoms with E-state index in [-0.39, 0.29) is 11.3 Å². The van der Waals surface area contributed by atoms with E-state index in [2.05, 4.69) is 31.1 Å². The summed E-state index contributed by atoms with van der Waals surface area (Å²) in [4.78, 5) is 16.0. The van der Waals surface area contributed by atoms with Crippen molar-refractivity contribution in [2.24, 2.45) is 0 Å². The van der Waals surface area contributed by atoms with E-state index in [9.17, 15) is 4.79 Å². The van der Waals surface area contributed by atoms with Crippen molar-refractivity contribution in [2.75, 3.05) is 5.32 Å². The van der Waals surface area contributed by atoms with Gasteiger partial charge in [-0.05, 0) is 35.2 Å². The molecule has 2 aromatic rings. The van der Waals surface area contributed by atoms with Gasteiger partial charge >= 0.3 is 0 Å². The van der Waals surface area contributed by atoms with Gasteiger partial charge in [-0.15, -0.1) is 0 Å². The zero-order valence-electron chi connectivity index (χ0n) is 11.5. The smallest absolute Gasteiger partial charge is 0.255 e. The standard InChI is InChI=1S/C16H18N2O/c1-16(2,3)13-6-4-12(5-7-13)15(19)18-14-8-10-17-11-9-14/h4-11H,1-3H3,(H,17,18,19). The van der Waals surface area contributed by atoms with Crippen molar-refractivity contribution in [2.45, 2.75) is 26.2 Å². The Hall–Kier alpha value is -2.16. The number of anilines is 1. The molecular weight excluding hydrogens is 236 g/mol. The van der Waals surface area contributed by atoms with Gasteiger partial charge in [-0.3, -0.25) is 9.78 Å². The maximum absolute atomic E-state index is 12.0. The van der Waals surface area contributed by atoms with Gasteiger partial charge in [-0.2, -0.15) is 0 Å². The molecule has 0 unspecified atom stereocenters. The largest absolute Gasteiger partial charge is 0.322 e. The number of pyridine rings is 1. The van der Waals surface area contributed by atoms with E-state index in [1.165, 1.54) is 5.56 Å². The number of rotatable bonds is 2. The van der Waals surface area contributed by atoms with Crippen molar-refractivity contribution in [3.05, 3.63) is 59.9 Å². The van der Waals surface area contributed by atoms with Crippen LogP contribution in [-0.2, 0) is 5.41 Å². The van der Waals surface area contributed by atoms with Crippen LogP contribution in [0, 0.1) is 0 Å². The minimum Gasteiger partial charge on any atom is -0.322 e. The van der Waals surface area contributed by atoms with Crippen LogP contribution in [0.15, 0.2) is 48.8 Å². The summed E-state index contributed by atoms with van der Waals surface area (Å²) >= 11 is 0. The fourth-order valence-corrected chi connectivity index (χ4v) is 1.76. The van der Waals surface area contributed by atoms with E-state index in [0.29, 0.717) is 5.56 Å². The van der Waals surface area contributed by atoms with Crippen molar-refractivity contribution in [1.82, 2.24) is 4.98 Å². The van der Waals surface area contributed by atoms with E-state index >= 15 is 0 Å². The lowest BCUT2D eigenvalue weighted by Crippen LogP contribution is -2.14. The monoisotopic (exact) mass is 254 g/mol. The van der Waals surface area contributed by atoms with Crippen molar-refractivity contribution in [3.63, 3.8) is 0 Å². The number of hydrogen-bond donors (Lipinski definition) is 1. The average molecular weight is 254 g/mol. The van der Waals surface area contributed by atoms with Crippen molar-refractivity contribution in [1.29, 1.82) is 0 Å².